The van der Waals surface area contributed by atoms with Crippen molar-refractivity contribution in [1.29, 1.82) is 0 Å². The first-order chi connectivity index (χ1) is 9.62. The van der Waals surface area contributed by atoms with Gasteiger partial charge in [0.2, 0.25) is 16.0 Å². The van der Waals surface area contributed by atoms with Crippen molar-refractivity contribution >= 4 is 16.0 Å². The number of nitrogens with one attached hydrogen (secondary N) is 1. The van der Waals surface area contributed by atoms with Crippen LogP contribution in [0.1, 0.15) is 6.92 Å². The van der Waals surface area contributed by atoms with E-state index in [-0.39, 0.29) is 24.3 Å². The molecular weight excluding hydrogens is 284 g/mol. The minimum Gasteiger partial charge on any atom is -0.381 e. The highest BCUT2D eigenvalue weighted by molar-refractivity contribution is 7.92. The van der Waals surface area contributed by atoms with Crippen molar-refractivity contribution in [2.45, 2.75) is 6.92 Å². The fraction of sp³-hybridized carbons (Fsp3) is 0.400. The van der Waals surface area contributed by atoms with Crippen LogP contribution >= 0.6 is 0 Å². The van der Waals surface area contributed by atoms with E-state index in [9.17, 15) is 8.42 Å². The second kappa shape index (κ2) is 6.39. The fourth-order valence-electron chi connectivity index (χ4n) is 1.36. The number of hydrogen-bond acceptors (Lipinski definition) is 7. The third-order valence-corrected chi connectivity index (χ3v) is 3.43. The van der Waals surface area contributed by atoms with Crippen molar-refractivity contribution in [3.05, 3.63) is 24.8 Å². The van der Waals surface area contributed by atoms with Gasteiger partial charge in [-0.3, -0.25) is 4.72 Å². The zero-order valence-corrected chi connectivity index (χ0v) is 11.6. The van der Waals surface area contributed by atoms with Gasteiger partial charge < -0.3 is 4.74 Å². The Hall–Kier alpha value is -2.07. The molecule has 2 rings (SSSR count). The number of aromatic nitrogens is 5. The minimum atomic E-state index is -3.56. The number of hydrogen-bond donors (Lipinski definition) is 1. The number of ether oxygens (including phenoxy) is 1. The maximum Gasteiger partial charge on any atom is 0.253 e. The van der Waals surface area contributed by atoms with Gasteiger partial charge in [0.25, 0.3) is 5.95 Å². The molecule has 0 fully saturated rings. The molecule has 0 amide bonds. The topological polar surface area (TPSA) is 112 Å². The zero-order valence-electron chi connectivity index (χ0n) is 10.8. The van der Waals surface area contributed by atoms with Crippen molar-refractivity contribution in [1.82, 2.24) is 24.7 Å². The molecule has 0 spiro atoms. The fourth-order valence-corrected chi connectivity index (χ4v) is 2.22. The second-order valence-electron chi connectivity index (χ2n) is 3.66. The van der Waals surface area contributed by atoms with Crippen molar-refractivity contribution in [3.8, 4) is 5.95 Å². The van der Waals surface area contributed by atoms with E-state index in [1.54, 1.807) is 13.0 Å². The number of sulfonamides is 1. The van der Waals surface area contributed by atoms with Crippen LogP contribution in [0.25, 0.3) is 5.95 Å². The molecule has 0 aliphatic carbocycles. The van der Waals surface area contributed by atoms with Crippen molar-refractivity contribution in [2.75, 3.05) is 23.7 Å². The van der Waals surface area contributed by atoms with Gasteiger partial charge in [0.1, 0.15) is 6.33 Å². The van der Waals surface area contributed by atoms with E-state index in [1.165, 1.54) is 23.4 Å². The van der Waals surface area contributed by atoms with Gasteiger partial charge in [-0.05, 0) is 13.0 Å². The number of anilines is 1. The molecule has 1 N–H and O–H groups in total. The molecule has 2 aromatic rings. The third-order valence-electron chi connectivity index (χ3n) is 2.24. The molecule has 0 saturated heterocycles. The Labute approximate surface area is 116 Å². The molecule has 20 heavy (non-hydrogen) atoms. The summed E-state index contributed by atoms with van der Waals surface area (Å²) in [7, 11) is -3.56. The normalized spacial score (nSPS) is 11.4. The van der Waals surface area contributed by atoms with Crippen LogP contribution in [-0.4, -0.2) is 52.1 Å². The summed E-state index contributed by atoms with van der Waals surface area (Å²) in [5.41, 5.74) is 0. The summed E-state index contributed by atoms with van der Waals surface area (Å²) in [6.45, 7) is 2.37. The molecule has 0 bridgehead atoms. The van der Waals surface area contributed by atoms with Gasteiger partial charge in [0, 0.05) is 19.0 Å². The van der Waals surface area contributed by atoms with E-state index < -0.39 is 10.0 Å². The van der Waals surface area contributed by atoms with Gasteiger partial charge in [-0.25, -0.2) is 18.4 Å². The summed E-state index contributed by atoms with van der Waals surface area (Å²) in [6, 6.07) is 1.65. The highest BCUT2D eigenvalue weighted by atomic mass is 32.2. The monoisotopic (exact) mass is 298 g/mol. The molecule has 0 aromatic carbocycles. The second-order valence-corrected chi connectivity index (χ2v) is 5.50. The Kier molecular flexibility index (Phi) is 4.58. The van der Waals surface area contributed by atoms with Gasteiger partial charge in [0.05, 0.1) is 12.4 Å². The third kappa shape index (κ3) is 3.71. The number of rotatable bonds is 7. The van der Waals surface area contributed by atoms with Crippen LogP contribution in [0.5, 0.6) is 0 Å². The summed E-state index contributed by atoms with van der Waals surface area (Å²) in [5, 5.41) is 3.89. The van der Waals surface area contributed by atoms with Gasteiger partial charge in [0.15, 0.2) is 0 Å². The predicted octanol–water partition coefficient (Wildman–Crippen LogP) is -0.165. The van der Waals surface area contributed by atoms with E-state index in [4.69, 9.17) is 4.74 Å². The van der Waals surface area contributed by atoms with Crippen molar-refractivity contribution in [3.63, 3.8) is 0 Å². The van der Waals surface area contributed by atoms with Crippen molar-refractivity contribution < 1.29 is 13.2 Å². The zero-order chi connectivity index (χ0) is 14.4. The Morgan fingerprint density at radius 3 is 2.75 bits per heavy atom. The molecular formula is C10H14N6O3S. The highest BCUT2D eigenvalue weighted by Gasteiger charge is 2.16. The summed E-state index contributed by atoms with van der Waals surface area (Å²) in [5.74, 6) is 0.101. The van der Waals surface area contributed by atoms with Crippen LogP contribution in [-0.2, 0) is 14.8 Å². The van der Waals surface area contributed by atoms with Crippen LogP contribution in [0.4, 0.5) is 5.95 Å². The first-order valence-electron chi connectivity index (χ1n) is 5.88. The van der Waals surface area contributed by atoms with Gasteiger partial charge in [-0.1, -0.05) is 0 Å². The summed E-state index contributed by atoms with van der Waals surface area (Å²) in [4.78, 5) is 11.8. The Balaban J connectivity index is 2.13. The SMILES string of the molecule is CCOCCS(=O)(=O)Nc1ncnn1-c1ncccn1. The lowest BCUT2D eigenvalue weighted by molar-refractivity contribution is 0.163. The standard InChI is InChI=1S/C10H14N6O3S/c1-2-19-6-7-20(17,18)15-10-13-8-14-16(10)9-11-4-3-5-12-9/h3-5,8H,2,6-7H2,1H3,(H,13,14,15). The van der Waals surface area contributed by atoms with E-state index >= 15 is 0 Å². The van der Waals surface area contributed by atoms with Gasteiger partial charge in [-0.15, -0.1) is 0 Å². The smallest absolute Gasteiger partial charge is 0.253 e. The molecule has 0 aliphatic rings. The maximum atomic E-state index is 11.8. The average molecular weight is 298 g/mol. The molecule has 9 nitrogen and oxygen atoms in total. The quantitative estimate of drug-likeness (QED) is 0.706. The first-order valence-corrected chi connectivity index (χ1v) is 7.53. The minimum absolute atomic E-state index is 0.0349. The molecule has 0 aliphatic heterocycles. The Morgan fingerprint density at radius 2 is 2.05 bits per heavy atom. The van der Waals surface area contributed by atoms with Gasteiger partial charge in [-0.2, -0.15) is 14.8 Å². The van der Waals surface area contributed by atoms with Crippen molar-refractivity contribution in [2.24, 2.45) is 0 Å². The van der Waals surface area contributed by atoms with Crippen LogP contribution in [0, 0.1) is 0 Å². The largest absolute Gasteiger partial charge is 0.381 e. The summed E-state index contributed by atoms with van der Waals surface area (Å²) >= 11 is 0. The van der Waals surface area contributed by atoms with Crippen LogP contribution in [0.15, 0.2) is 24.8 Å². The molecule has 0 saturated carbocycles. The molecule has 108 valence electrons. The molecule has 0 radical (unpaired) electrons. The highest BCUT2D eigenvalue weighted by Crippen LogP contribution is 2.08. The lowest BCUT2D eigenvalue weighted by Gasteiger charge is -2.07. The predicted molar refractivity (Wildman–Crippen MR) is 70.9 cm³/mol. The number of nitrogens with zero attached hydrogens (tertiary/aromatic N) is 5. The summed E-state index contributed by atoms with van der Waals surface area (Å²) in [6.07, 6.45) is 4.27. The first kappa shape index (κ1) is 14.3. The summed E-state index contributed by atoms with van der Waals surface area (Å²) < 4.78 is 32.2. The van der Waals surface area contributed by atoms with Crippen LogP contribution < -0.4 is 4.72 Å². The maximum absolute atomic E-state index is 11.8. The molecule has 2 aromatic heterocycles. The lowest BCUT2D eigenvalue weighted by Crippen LogP contribution is -2.22. The molecule has 0 unspecified atom stereocenters. The molecule has 2 heterocycles. The molecule has 10 heteroatoms. The van der Waals surface area contributed by atoms with Crippen LogP contribution in [0.3, 0.4) is 0 Å². The molecule has 0 atom stereocenters. The van der Waals surface area contributed by atoms with E-state index in [1.807, 2.05) is 0 Å². The lowest BCUT2D eigenvalue weighted by atomic mass is 10.7. The Bertz CT molecular complexity index is 642. The van der Waals surface area contributed by atoms with E-state index in [0.29, 0.717) is 6.61 Å². The van der Waals surface area contributed by atoms with Crippen LogP contribution in [0.2, 0.25) is 0 Å². The van der Waals surface area contributed by atoms with E-state index in [0.717, 1.165) is 0 Å². The average Bonchev–Trinajstić information content (AvgIpc) is 2.87. The van der Waals surface area contributed by atoms with Gasteiger partial charge >= 0.3 is 0 Å². The Morgan fingerprint density at radius 1 is 1.30 bits per heavy atom. The van der Waals surface area contributed by atoms with E-state index in [2.05, 4.69) is 24.8 Å².